The van der Waals surface area contributed by atoms with E-state index >= 15 is 0 Å². The smallest absolute Gasteiger partial charge is 0.226 e. The monoisotopic (exact) mass is 252 g/mol. The fourth-order valence-corrected chi connectivity index (χ4v) is 3.69. The van der Waals surface area contributed by atoms with Gasteiger partial charge in [0, 0.05) is 12.5 Å². The third-order valence-electron chi connectivity index (χ3n) is 4.83. The minimum absolute atomic E-state index is 0.264. The van der Waals surface area contributed by atoms with Crippen LogP contribution in [0.1, 0.15) is 32.1 Å². The van der Waals surface area contributed by atoms with Gasteiger partial charge in [0.15, 0.2) is 0 Å². The fraction of sp³-hybridized carbons (Fsp3) is 0.929. The maximum absolute atomic E-state index is 12.7. The Morgan fingerprint density at radius 1 is 1.11 bits per heavy atom. The summed E-state index contributed by atoms with van der Waals surface area (Å²) < 4.78 is 5.78. The maximum atomic E-state index is 12.7. The summed E-state index contributed by atoms with van der Waals surface area (Å²) in [6, 6.07) is 0.380. The second kappa shape index (κ2) is 5.17. The molecule has 2 aliphatic heterocycles. The lowest BCUT2D eigenvalue weighted by Gasteiger charge is -2.40. The summed E-state index contributed by atoms with van der Waals surface area (Å²) >= 11 is 0. The van der Waals surface area contributed by atoms with Gasteiger partial charge in [-0.15, -0.1) is 0 Å². The molecular weight excluding hydrogens is 228 g/mol. The standard InChI is InChI=1S/C14H24N2O2/c1-15-7-5-11(6-8-15)14(17)16-9-10-18-13-4-2-3-12(13)16/h11-13H,2-10H2,1H3. The van der Waals surface area contributed by atoms with Crippen molar-refractivity contribution in [2.75, 3.05) is 33.3 Å². The van der Waals surface area contributed by atoms with Gasteiger partial charge in [-0.3, -0.25) is 4.79 Å². The fourth-order valence-electron chi connectivity index (χ4n) is 3.69. The van der Waals surface area contributed by atoms with E-state index in [1.165, 1.54) is 6.42 Å². The van der Waals surface area contributed by atoms with E-state index < -0.39 is 0 Å². The molecule has 0 aromatic carbocycles. The van der Waals surface area contributed by atoms with Crippen LogP contribution in [-0.2, 0) is 9.53 Å². The number of nitrogens with zero attached hydrogens (tertiary/aromatic N) is 2. The number of likely N-dealkylation sites (tertiary alicyclic amines) is 1. The Kier molecular flexibility index (Phi) is 3.57. The quantitative estimate of drug-likeness (QED) is 0.701. The Balaban J connectivity index is 1.64. The summed E-state index contributed by atoms with van der Waals surface area (Å²) in [6.07, 6.45) is 5.89. The minimum atomic E-state index is 0.264. The van der Waals surface area contributed by atoms with Crippen molar-refractivity contribution >= 4 is 5.91 Å². The molecule has 2 saturated heterocycles. The molecule has 2 unspecified atom stereocenters. The zero-order valence-electron chi connectivity index (χ0n) is 11.3. The summed E-state index contributed by atoms with van der Waals surface area (Å²) in [5, 5.41) is 0. The highest BCUT2D eigenvalue weighted by Gasteiger charge is 2.40. The van der Waals surface area contributed by atoms with E-state index in [0.29, 0.717) is 18.1 Å². The number of hydrogen-bond donors (Lipinski definition) is 0. The Morgan fingerprint density at radius 3 is 2.67 bits per heavy atom. The predicted molar refractivity (Wildman–Crippen MR) is 69.3 cm³/mol. The molecule has 3 aliphatic rings. The van der Waals surface area contributed by atoms with Crippen LogP contribution in [0.3, 0.4) is 0 Å². The van der Waals surface area contributed by atoms with Gasteiger partial charge < -0.3 is 14.5 Å². The van der Waals surface area contributed by atoms with Crippen molar-refractivity contribution in [1.82, 2.24) is 9.80 Å². The van der Waals surface area contributed by atoms with E-state index in [4.69, 9.17) is 4.74 Å². The number of morpholine rings is 1. The van der Waals surface area contributed by atoms with E-state index in [9.17, 15) is 4.79 Å². The molecule has 18 heavy (non-hydrogen) atoms. The van der Waals surface area contributed by atoms with Gasteiger partial charge in [0.1, 0.15) is 0 Å². The normalized spacial score (nSPS) is 34.6. The summed E-state index contributed by atoms with van der Waals surface area (Å²) in [6.45, 7) is 3.68. The Bertz CT molecular complexity index is 313. The van der Waals surface area contributed by atoms with Crippen LogP contribution in [0, 0.1) is 5.92 Å². The second-order valence-corrected chi connectivity index (χ2v) is 6.02. The van der Waals surface area contributed by atoms with E-state index in [0.717, 1.165) is 51.9 Å². The van der Waals surface area contributed by atoms with Crippen molar-refractivity contribution in [3.63, 3.8) is 0 Å². The predicted octanol–water partition coefficient (Wildman–Crippen LogP) is 1.11. The molecule has 1 saturated carbocycles. The number of carbonyl (C=O) groups excluding carboxylic acids is 1. The first-order valence-corrected chi connectivity index (χ1v) is 7.36. The molecular formula is C14H24N2O2. The highest BCUT2D eigenvalue weighted by molar-refractivity contribution is 5.79. The van der Waals surface area contributed by atoms with Crippen LogP contribution in [0.4, 0.5) is 0 Å². The van der Waals surface area contributed by atoms with Crippen molar-refractivity contribution in [1.29, 1.82) is 0 Å². The molecule has 1 amide bonds. The van der Waals surface area contributed by atoms with Crippen LogP contribution in [-0.4, -0.2) is 61.1 Å². The van der Waals surface area contributed by atoms with Crippen molar-refractivity contribution in [3.05, 3.63) is 0 Å². The largest absolute Gasteiger partial charge is 0.374 e. The van der Waals surface area contributed by atoms with Crippen LogP contribution >= 0.6 is 0 Å². The highest BCUT2D eigenvalue weighted by atomic mass is 16.5. The van der Waals surface area contributed by atoms with Crippen molar-refractivity contribution < 1.29 is 9.53 Å². The minimum Gasteiger partial charge on any atom is -0.374 e. The average Bonchev–Trinajstić information content (AvgIpc) is 2.87. The molecule has 0 aromatic rings. The van der Waals surface area contributed by atoms with E-state index in [2.05, 4.69) is 16.8 Å². The lowest BCUT2D eigenvalue weighted by Crippen LogP contribution is -2.54. The summed E-state index contributed by atoms with van der Waals surface area (Å²) in [4.78, 5) is 17.1. The third-order valence-corrected chi connectivity index (χ3v) is 4.83. The molecule has 102 valence electrons. The van der Waals surface area contributed by atoms with E-state index in [1.807, 2.05) is 0 Å². The molecule has 2 heterocycles. The van der Waals surface area contributed by atoms with Crippen LogP contribution in [0.5, 0.6) is 0 Å². The SMILES string of the molecule is CN1CCC(C(=O)N2CCOC3CCCC32)CC1. The zero-order valence-corrected chi connectivity index (χ0v) is 11.3. The molecule has 0 spiro atoms. The van der Waals surface area contributed by atoms with Gasteiger partial charge in [-0.1, -0.05) is 0 Å². The Labute approximate surface area is 109 Å². The van der Waals surface area contributed by atoms with E-state index in [1.54, 1.807) is 0 Å². The highest BCUT2D eigenvalue weighted by Crippen LogP contribution is 2.31. The molecule has 0 aromatic heterocycles. The molecule has 0 bridgehead atoms. The first-order chi connectivity index (χ1) is 8.75. The average molecular weight is 252 g/mol. The molecule has 4 heteroatoms. The Hall–Kier alpha value is -0.610. The van der Waals surface area contributed by atoms with Crippen LogP contribution in [0.2, 0.25) is 0 Å². The summed E-state index contributed by atoms with van der Waals surface area (Å²) in [5.74, 6) is 0.670. The lowest BCUT2D eigenvalue weighted by atomic mass is 9.94. The first kappa shape index (κ1) is 12.4. The number of ether oxygens (including phenoxy) is 1. The number of carbonyl (C=O) groups is 1. The molecule has 3 fully saturated rings. The first-order valence-electron chi connectivity index (χ1n) is 7.36. The Morgan fingerprint density at radius 2 is 1.89 bits per heavy atom. The van der Waals surface area contributed by atoms with Crippen molar-refractivity contribution in [2.45, 2.75) is 44.2 Å². The van der Waals surface area contributed by atoms with Gasteiger partial charge in [0.25, 0.3) is 0 Å². The van der Waals surface area contributed by atoms with Gasteiger partial charge in [-0.25, -0.2) is 0 Å². The molecule has 0 radical (unpaired) electrons. The van der Waals surface area contributed by atoms with Crippen molar-refractivity contribution in [2.24, 2.45) is 5.92 Å². The van der Waals surface area contributed by atoms with Crippen LogP contribution < -0.4 is 0 Å². The summed E-state index contributed by atoms with van der Waals surface area (Å²) in [5.41, 5.74) is 0. The topological polar surface area (TPSA) is 32.8 Å². The van der Waals surface area contributed by atoms with Crippen molar-refractivity contribution in [3.8, 4) is 0 Å². The summed E-state index contributed by atoms with van der Waals surface area (Å²) in [7, 11) is 2.14. The van der Waals surface area contributed by atoms with Gasteiger partial charge in [-0.2, -0.15) is 0 Å². The zero-order chi connectivity index (χ0) is 12.5. The molecule has 0 N–H and O–H groups in total. The van der Waals surface area contributed by atoms with Gasteiger partial charge in [0.05, 0.1) is 18.8 Å². The van der Waals surface area contributed by atoms with Gasteiger partial charge in [-0.05, 0) is 52.2 Å². The van der Waals surface area contributed by atoms with Crippen LogP contribution in [0.25, 0.3) is 0 Å². The van der Waals surface area contributed by atoms with Crippen LogP contribution in [0.15, 0.2) is 0 Å². The number of piperidine rings is 1. The van der Waals surface area contributed by atoms with E-state index in [-0.39, 0.29) is 5.92 Å². The molecule has 1 aliphatic carbocycles. The maximum Gasteiger partial charge on any atom is 0.226 e. The molecule has 3 rings (SSSR count). The molecule has 2 atom stereocenters. The van der Waals surface area contributed by atoms with Gasteiger partial charge in [0.2, 0.25) is 5.91 Å². The second-order valence-electron chi connectivity index (χ2n) is 6.02. The number of fused-ring (bicyclic) bond motifs is 1. The number of amides is 1. The molecule has 4 nitrogen and oxygen atoms in total. The lowest BCUT2D eigenvalue weighted by molar-refractivity contribution is -0.149. The number of rotatable bonds is 1. The third kappa shape index (κ3) is 2.28. The van der Waals surface area contributed by atoms with Gasteiger partial charge >= 0.3 is 0 Å². The number of hydrogen-bond acceptors (Lipinski definition) is 3.